The van der Waals surface area contributed by atoms with E-state index in [1.165, 1.54) is 0 Å². The first-order valence-corrected chi connectivity index (χ1v) is 6.69. The summed E-state index contributed by atoms with van der Waals surface area (Å²) in [7, 11) is 0. The molecule has 0 aliphatic heterocycles. The van der Waals surface area contributed by atoms with E-state index in [-0.39, 0.29) is 0 Å². The minimum Gasteiger partial charge on any atom is -0.444 e. The van der Waals surface area contributed by atoms with Crippen molar-refractivity contribution in [2.45, 2.75) is 26.4 Å². The Morgan fingerprint density at radius 2 is 2.31 bits per heavy atom. The second-order valence-electron chi connectivity index (χ2n) is 3.78. The lowest BCUT2D eigenvalue weighted by atomic mass is 10.3. The molecular formula is C11H13BrN2OS. The molecule has 2 rings (SSSR count). The highest BCUT2D eigenvalue weighted by molar-refractivity contribution is 9.11. The number of hydrogen-bond donors (Lipinski definition) is 1. The van der Waals surface area contributed by atoms with E-state index in [0.29, 0.717) is 11.9 Å². The topological polar surface area (TPSA) is 38.1 Å². The largest absolute Gasteiger partial charge is 0.444 e. The number of nitrogens with zero attached hydrogens (tertiary/aromatic N) is 1. The van der Waals surface area contributed by atoms with Crippen LogP contribution in [0.25, 0.3) is 10.8 Å². The fourth-order valence-corrected chi connectivity index (χ4v) is 2.56. The van der Waals surface area contributed by atoms with Gasteiger partial charge < -0.3 is 9.73 Å². The smallest absolute Gasteiger partial charge is 0.236 e. The summed E-state index contributed by atoms with van der Waals surface area (Å²) in [5.41, 5.74) is 0.938. The van der Waals surface area contributed by atoms with Crippen LogP contribution in [0.4, 0.5) is 0 Å². The zero-order valence-corrected chi connectivity index (χ0v) is 11.6. The van der Waals surface area contributed by atoms with Crippen molar-refractivity contribution >= 4 is 27.3 Å². The molecule has 0 atom stereocenters. The van der Waals surface area contributed by atoms with Gasteiger partial charge in [0.1, 0.15) is 6.26 Å². The van der Waals surface area contributed by atoms with Crippen LogP contribution in [-0.4, -0.2) is 11.0 Å². The maximum Gasteiger partial charge on any atom is 0.236 e. The minimum atomic E-state index is 0.455. The molecule has 0 spiro atoms. The van der Waals surface area contributed by atoms with E-state index in [4.69, 9.17) is 4.42 Å². The molecule has 0 aliphatic rings. The van der Waals surface area contributed by atoms with Crippen molar-refractivity contribution in [3.63, 3.8) is 0 Å². The van der Waals surface area contributed by atoms with Crippen molar-refractivity contribution in [2.75, 3.05) is 0 Å². The van der Waals surface area contributed by atoms with Gasteiger partial charge in [0, 0.05) is 12.6 Å². The van der Waals surface area contributed by atoms with Gasteiger partial charge in [0.05, 0.1) is 14.4 Å². The lowest BCUT2D eigenvalue weighted by Crippen LogP contribution is -2.21. The van der Waals surface area contributed by atoms with Gasteiger partial charge in [-0.2, -0.15) is 0 Å². The number of halogens is 1. The van der Waals surface area contributed by atoms with Crippen molar-refractivity contribution in [3.8, 4) is 10.8 Å². The molecule has 0 bridgehead atoms. The van der Waals surface area contributed by atoms with Crippen molar-refractivity contribution in [3.05, 3.63) is 27.9 Å². The fourth-order valence-electron chi connectivity index (χ4n) is 1.24. The average Bonchev–Trinajstić information content (AvgIpc) is 2.83. The Morgan fingerprint density at radius 1 is 1.50 bits per heavy atom. The summed E-state index contributed by atoms with van der Waals surface area (Å²) in [4.78, 5) is 5.47. The van der Waals surface area contributed by atoms with Crippen molar-refractivity contribution in [1.82, 2.24) is 10.3 Å². The van der Waals surface area contributed by atoms with E-state index < -0.39 is 0 Å². The second-order valence-corrected chi connectivity index (χ2v) is 6.25. The van der Waals surface area contributed by atoms with Crippen LogP contribution in [-0.2, 0) is 6.54 Å². The normalized spacial score (nSPS) is 11.2. The zero-order chi connectivity index (χ0) is 11.5. The predicted molar refractivity (Wildman–Crippen MR) is 69.5 cm³/mol. The van der Waals surface area contributed by atoms with Gasteiger partial charge in [-0.15, -0.1) is 11.3 Å². The number of hydrogen-bond acceptors (Lipinski definition) is 4. The van der Waals surface area contributed by atoms with E-state index in [0.717, 1.165) is 20.9 Å². The molecule has 2 aromatic rings. The maximum atomic E-state index is 5.43. The number of oxazole rings is 1. The van der Waals surface area contributed by atoms with Crippen molar-refractivity contribution in [1.29, 1.82) is 0 Å². The van der Waals surface area contributed by atoms with Crippen LogP contribution in [0.1, 0.15) is 19.5 Å². The Morgan fingerprint density at radius 3 is 2.94 bits per heavy atom. The number of nitrogens with one attached hydrogen (secondary N) is 1. The van der Waals surface area contributed by atoms with Crippen LogP contribution in [0.2, 0.25) is 0 Å². The first-order valence-electron chi connectivity index (χ1n) is 5.08. The summed E-state index contributed by atoms with van der Waals surface area (Å²) in [5.74, 6) is 0.691. The molecule has 3 nitrogen and oxygen atoms in total. The van der Waals surface area contributed by atoms with Crippen LogP contribution in [0.15, 0.2) is 26.6 Å². The molecule has 2 heterocycles. The van der Waals surface area contributed by atoms with Crippen LogP contribution in [0.5, 0.6) is 0 Å². The van der Waals surface area contributed by atoms with Gasteiger partial charge in [0.25, 0.3) is 0 Å². The third-order valence-electron chi connectivity index (χ3n) is 2.03. The summed E-state index contributed by atoms with van der Waals surface area (Å²) in [6, 6.07) is 4.45. The summed E-state index contributed by atoms with van der Waals surface area (Å²) in [6.07, 6.45) is 1.71. The van der Waals surface area contributed by atoms with E-state index in [2.05, 4.69) is 40.1 Å². The quantitative estimate of drug-likeness (QED) is 0.936. The molecule has 86 valence electrons. The van der Waals surface area contributed by atoms with E-state index >= 15 is 0 Å². The van der Waals surface area contributed by atoms with Crippen LogP contribution >= 0.6 is 27.3 Å². The number of rotatable bonds is 4. The van der Waals surface area contributed by atoms with E-state index in [1.54, 1.807) is 17.6 Å². The number of thiophene rings is 1. The minimum absolute atomic E-state index is 0.455. The molecule has 0 unspecified atom stereocenters. The highest BCUT2D eigenvalue weighted by atomic mass is 79.9. The Hall–Kier alpha value is -0.650. The van der Waals surface area contributed by atoms with Crippen molar-refractivity contribution < 1.29 is 4.42 Å². The maximum absolute atomic E-state index is 5.43. The van der Waals surface area contributed by atoms with Crippen LogP contribution in [0.3, 0.4) is 0 Å². The monoisotopic (exact) mass is 300 g/mol. The lowest BCUT2D eigenvalue weighted by Gasteiger charge is -2.03. The van der Waals surface area contributed by atoms with Crippen LogP contribution in [0, 0.1) is 0 Å². The molecule has 16 heavy (non-hydrogen) atoms. The molecule has 0 saturated carbocycles. The first-order chi connectivity index (χ1) is 7.65. The zero-order valence-electron chi connectivity index (χ0n) is 9.16. The lowest BCUT2D eigenvalue weighted by molar-refractivity contribution is 0.561. The highest BCUT2D eigenvalue weighted by Crippen LogP contribution is 2.30. The molecular weight excluding hydrogens is 288 g/mol. The highest BCUT2D eigenvalue weighted by Gasteiger charge is 2.08. The molecule has 1 N–H and O–H groups in total. The number of aromatic nitrogens is 1. The molecule has 2 aromatic heterocycles. The predicted octanol–water partition coefficient (Wildman–Crippen LogP) is 3.66. The Kier molecular flexibility index (Phi) is 3.78. The molecule has 0 radical (unpaired) electrons. The van der Waals surface area contributed by atoms with Crippen LogP contribution < -0.4 is 5.32 Å². The Labute approximate surface area is 107 Å². The van der Waals surface area contributed by atoms with Gasteiger partial charge in [0.15, 0.2) is 0 Å². The van der Waals surface area contributed by atoms with Gasteiger partial charge >= 0.3 is 0 Å². The third kappa shape index (κ3) is 2.93. The average molecular weight is 301 g/mol. The van der Waals surface area contributed by atoms with Crippen molar-refractivity contribution in [2.24, 2.45) is 0 Å². The molecule has 0 fully saturated rings. The third-order valence-corrected chi connectivity index (χ3v) is 3.64. The molecule has 0 saturated heterocycles. The van der Waals surface area contributed by atoms with E-state index in [1.807, 2.05) is 12.1 Å². The molecule has 0 aliphatic carbocycles. The van der Waals surface area contributed by atoms with Gasteiger partial charge in [0.2, 0.25) is 5.89 Å². The first kappa shape index (κ1) is 11.8. The summed E-state index contributed by atoms with van der Waals surface area (Å²) < 4.78 is 6.52. The Bertz CT molecular complexity index is 464. The molecule has 0 aromatic carbocycles. The van der Waals surface area contributed by atoms with Gasteiger partial charge in [-0.25, -0.2) is 4.98 Å². The van der Waals surface area contributed by atoms with Gasteiger partial charge in [-0.3, -0.25) is 0 Å². The Balaban J connectivity index is 2.07. The second kappa shape index (κ2) is 5.12. The fraction of sp³-hybridized carbons (Fsp3) is 0.364. The SMILES string of the molecule is CC(C)NCc1coc(-c2ccc(Br)s2)n1. The molecule has 0 amide bonds. The summed E-state index contributed by atoms with van der Waals surface area (Å²) in [5, 5.41) is 3.30. The summed E-state index contributed by atoms with van der Waals surface area (Å²) in [6.45, 7) is 4.96. The molecule has 5 heteroatoms. The van der Waals surface area contributed by atoms with Gasteiger partial charge in [-0.05, 0) is 28.1 Å². The van der Waals surface area contributed by atoms with Gasteiger partial charge in [-0.1, -0.05) is 13.8 Å². The summed E-state index contributed by atoms with van der Waals surface area (Å²) >= 11 is 5.04. The standard InChI is InChI=1S/C11H13BrN2OS/c1-7(2)13-5-8-6-15-11(14-8)9-3-4-10(12)16-9/h3-4,6-7,13H,5H2,1-2H3. The van der Waals surface area contributed by atoms with E-state index in [9.17, 15) is 0 Å².